The molecular formula is C13H22ClN3O. The summed E-state index contributed by atoms with van der Waals surface area (Å²) in [6.07, 6.45) is 0.351. The van der Waals surface area contributed by atoms with E-state index in [-0.39, 0.29) is 18.3 Å². The van der Waals surface area contributed by atoms with Crippen LogP contribution in [0.1, 0.15) is 20.3 Å². The third-order valence-electron chi connectivity index (χ3n) is 2.68. The van der Waals surface area contributed by atoms with Crippen molar-refractivity contribution < 1.29 is 4.79 Å². The summed E-state index contributed by atoms with van der Waals surface area (Å²) in [5, 5.41) is 2.83. The third kappa shape index (κ3) is 4.94. The topological polar surface area (TPSA) is 58.4 Å². The Labute approximate surface area is 115 Å². The molecule has 5 heteroatoms. The number of nitrogens with zero attached hydrogens (tertiary/aromatic N) is 1. The fourth-order valence-corrected chi connectivity index (χ4v) is 1.46. The number of hydrogen-bond donors (Lipinski definition) is 2. The van der Waals surface area contributed by atoms with E-state index < -0.39 is 0 Å². The number of hydrogen-bond acceptors (Lipinski definition) is 3. The first kappa shape index (κ1) is 16.7. The van der Waals surface area contributed by atoms with Gasteiger partial charge in [0, 0.05) is 37.4 Å². The first-order valence-corrected chi connectivity index (χ1v) is 5.87. The van der Waals surface area contributed by atoms with Crippen molar-refractivity contribution in [3.05, 3.63) is 24.3 Å². The van der Waals surface area contributed by atoms with Crippen LogP contribution < -0.4 is 16.0 Å². The summed E-state index contributed by atoms with van der Waals surface area (Å²) in [4.78, 5) is 13.6. The largest absolute Gasteiger partial charge is 0.372 e. The molecule has 0 bridgehead atoms. The minimum atomic E-state index is -0.0446. The highest BCUT2D eigenvalue weighted by Gasteiger charge is 2.06. The van der Waals surface area contributed by atoms with E-state index in [9.17, 15) is 4.79 Å². The molecule has 1 rings (SSSR count). The molecule has 1 aromatic rings. The maximum atomic E-state index is 11.4. The van der Waals surface area contributed by atoms with Gasteiger partial charge >= 0.3 is 0 Å². The molecule has 0 fully saturated rings. The number of carbonyl (C=O) groups is 1. The fraction of sp³-hybridized carbons (Fsp3) is 0.462. The summed E-state index contributed by atoms with van der Waals surface area (Å²) < 4.78 is 0. The Morgan fingerprint density at radius 1 is 1.44 bits per heavy atom. The highest BCUT2D eigenvalue weighted by Crippen LogP contribution is 2.20. The number of amides is 1. The van der Waals surface area contributed by atoms with Crippen molar-refractivity contribution in [3.63, 3.8) is 0 Å². The zero-order valence-corrected chi connectivity index (χ0v) is 12.0. The molecular weight excluding hydrogens is 250 g/mol. The van der Waals surface area contributed by atoms with Gasteiger partial charge in [0.25, 0.3) is 0 Å². The maximum absolute atomic E-state index is 11.4. The second-order valence-electron chi connectivity index (χ2n) is 4.34. The predicted molar refractivity (Wildman–Crippen MR) is 79.5 cm³/mol. The van der Waals surface area contributed by atoms with Gasteiger partial charge < -0.3 is 16.0 Å². The van der Waals surface area contributed by atoms with Gasteiger partial charge in [-0.3, -0.25) is 4.79 Å². The Balaban J connectivity index is 0.00000289. The van der Waals surface area contributed by atoms with Gasteiger partial charge in [-0.05, 0) is 32.0 Å². The Bertz CT molecular complexity index is 382. The third-order valence-corrected chi connectivity index (χ3v) is 2.68. The molecule has 4 nitrogen and oxygen atoms in total. The monoisotopic (exact) mass is 271 g/mol. The van der Waals surface area contributed by atoms with E-state index in [0.29, 0.717) is 19.0 Å². The SMILES string of the molecule is CC(C)N(C)c1cccc(NC(=O)CCN)c1.Cl. The average Bonchev–Trinajstić information content (AvgIpc) is 2.28. The number of rotatable bonds is 5. The lowest BCUT2D eigenvalue weighted by Crippen LogP contribution is -2.25. The number of halogens is 1. The Morgan fingerprint density at radius 3 is 2.67 bits per heavy atom. The Morgan fingerprint density at radius 2 is 2.11 bits per heavy atom. The molecule has 102 valence electrons. The van der Waals surface area contributed by atoms with Crippen LogP contribution in [0.15, 0.2) is 24.3 Å². The molecule has 0 saturated heterocycles. The molecule has 0 saturated carbocycles. The molecule has 0 heterocycles. The molecule has 0 aromatic heterocycles. The van der Waals surface area contributed by atoms with Gasteiger partial charge in [0.05, 0.1) is 0 Å². The number of carbonyl (C=O) groups excluding carboxylic acids is 1. The van der Waals surface area contributed by atoms with Crippen molar-refractivity contribution in [2.24, 2.45) is 5.73 Å². The number of anilines is 2. The lowest BCUT2D eigenvalue weighted by molar-refractivity contribution is -0.116. The highest BCUT2D eigenvalue weighted by molar-refractivity contribution is 5.91. The standard InChI is InChI=1S/C13H21N3O.ClH/c1-10(2)16(3)12-6-4-5-11(9-12)15-13(17)7-8-14;/h4-6,9-10H,7-8,14H2,1-3H3,(H,15,17);1H. The molecule has 1 aromatic carbocycles. The van der Waals surface area contributed by atoms with E-state index in [2.05, 4.69) is 24.1 Å². The van der Waals surface area contributed by atoms with E-state index in [4.69, 9.17) is 5.73 Å². The first-order valence-electron chi connectivity index (χ1n) is 5.87. The molecule has 0 aliphatic carbocycles. The summed E-state index contributed by atoms with van der Waals surface area (Å²) in [6.45, 7) is 4.62. The molecule has 18 heavy (non-hydrogen) atoms. The fourth-order valence-electron chi connectivity index (χ4n) is 1.46. The Hall–Kier alpha value is -1.26. The smallest absolute Gasteiger partial charge is 0.225 e. The highest BCUT2D eigenvalue weighted by atomic mass is 35.5. The molecule has 3 N–H and O–H groups in total. The zero-order chi connectivity index (χ0) is 12.8. The van der Waals surface area contributed by atoms with Crippen LogP contribution in [0.5, 0.6) is 0 Å². The summed E-state index contributed by atoms with van der Waals surface area (Å²) in [6, 6.07) is 8.23. The van der Waals surface area contributed by atoms with Gasteiger partial charge in [-0.25, -0.2) is 0 Å². The van der Waals surface area contributed by atoms with E-state index in [1.165, 1.54) is 0 Å². The van der Waals surface area contributed by atoms with Crippen LogP contribution in [0, 0.1) is 0 Å². The second-order valence-corrected chi connectivity index (χ2v) is 4.34. The van der Waals surface area contributed by atoms with Crippen LogP contribution in [0.25, 0.3) is 0 Å². The number of nitrogens with one attached hydrogen (secondary N) is 1. The quantitative estimate of drug-likeness (QED) is 0.864. The van der Waals surface area contributed by atoms with Crippen LogP contribution in [-0.4, -0.2) is 25.5 Å². The summed E-state index contributed by atoms with van der Waals surface area (Å²) in [7, 11) is 2.03. The van der Waals surface area contributed by atoms with E-state index >= 15 is 0 Å². The second kappa shape index (κ2) is 7.95. The van der Waals surface area contributed by atoms with Crippen LogP contribution in [0.4, 0.5) is 11.4 Å². The molecule has 1 amide bonds. The zero-order valence-electron chi connectivity index (χ0n) is 11.1. The number of nitrogens with two attached hydrogens (primary N) is 1. The van der Waals surface area contributed by atoms with Crippen molar-refractivity contribution in [3.8, 4) is 0 Å². The van der Waals surface area contributed by atoms with Crippen LogP contribution in [0.2, 0.25) is 0 Å². The Kier molecular flexibility index (Phi) is 7.39. The summed E-state index contributed by atoms with van der Waals surface area (Å²) in [5.41, 5.74) is 7.23. The molecule has 0 unspecified atom stereocenters. The van der Waals surface area contributed by atoms with Crippen molar-refractivity contribution in [2.75, 3.05) is 23.8 Å². The van der Waals surface area contributed by atoms with Crippen LogP contribution >= 0.6 is 12.4 Å². The lowest BCUT2D eigenvalue weighted by atomic mass is 10.2. The van der Waals surface area contributed by atoms with Crippen LogP contribution in [-0.2, 0) is 4.79 Å². The van der Waals surface area contributed by atoms with Crippen molar-refractivity contribution in [1.82, 2.24) is 0 Å². The van der Waals surface area contributed by atoms with E-state index in [1.54, 1.807) is 0 Å². The van der Waals surface area contributed by atoms with Crippen molar-refractivity contribution >= 4 is 29.7 Å². The van der Waals surface area contributed by atoms with E-state index in [0.717, 1.165) is 11.4 Å². The van der Waals surface area contributed by atoms with Gasteiger partial charge in [-0.2, -0.15) is 0 Å². The lowest BCUT2D eigenvalue weighted by Gasteiger charge is -2.24. The van der Waals surface area contributed by atoms with Crippen LogP contribution in [0.3, 0.4) is 0 Å². The normalized spacial score (nSPS) is 9.83. The summed E-state index contributed by atoms with van der Waals surface area (Å²) >= 11 is 0. The summed E-state index contributed by atoms with van der Waals surface area (Å²) in [5.74, 6) is -0.0446. The molecule has 0 radical (unpaired) electrons. The first-order chi connectivity index (χ1) is 8.04. The predicted octanol–water partition coefficient (Wildman–Crippen LogP) is 2.24. The molecule has 0 aliphatic rings. The molecule has 0 aliphatic heterocycles. The molecule has 0 spiro atoms. The van der Waals surface area contributed by atoms with Gasteiger partial charge in [-0.1, -0.05) is 6.07 Å². The minimum absolute atomic E-state index is 0. The minimum Gasteiger partial charge on any atom is -0.372 e. The van der Waals surface area contributed by atoms with E-state index in [1.807, 2.05) is 31.3 Å². The van der Waals surface area contributed by atoms with Crippen molar-refractivity contribution in [2.45, 2.75) is 26.3 Å². The van der Waals surface area contributed by atoms with Gasteiger partial charge in [0.1, 0.15) is 0 Å². The van der Waals surface area contributed by atoms with Gasteiger partial charge in [-0.15, -0.1) is 12.4 Å². The molecule has 0 atom stereocenters. The average molecular weight is 272 g/mol. The number of benzene rings is 1. The van der Waals surface area contributed by atoms with Gasteiger partial charge in [0.2, 0.25) is 5.91 Å². The van der Waals surface area contributed by atoms with Gasteiger partial charge in [0.15, 0.2) is 0 Å². The van der Waals surface area contributed by atoms with Crippen molar-refractivity contribution in [1.29, 1.82) is 0 Å². The maximum Gasteiger partial charge on any atom is 0.225 e.